The molecule has 0 fully saturated rings. The number of benzene rings is 2. The summed E-state index contributed by atoms with van der Waals surface area (Å²) in [6, 6.07) is 17.4. The van der Waals surface area contributed by atoms with Crippen LogP contribution in [-0.4, -0.2) is 15.3 Å². The van der Waals surface area contributed by atoms with Gasteiger partial charge in [-0.05, 0) is 36.5 Å². The van der Waals surface area contributed by atoms with Gasteiger partial charge in [0.2, 0.25) is 0 Å². The molecule has 2 aromatic carbocycles. The molecule has 1 heterocycles. The van der Waals surface area contributed by atoms with E-state index in [1.807, 2.05) is 54.6 Å². The van der Waals surface area contributed by atoms with Crippen LogP contribution in [0.5, 0.6) is 0 Å². The number of aromatic nitrogens is 2. The Kier molecular flexibility index (Phi) is 3.52. The van der Waals surface area contributed by atoms with Gasteiger partial charge in [0.15, 0.2) is 5.11 Å². The SMILES string of the molecule is S=C([N]c1cccc2ccnnc12)Nc1ccccc1. The highest BCUT2D eigenvalue weighted by atomic mass is 32.1. The molecule has 5 heteroatoms. The molecule has 1 aromatic heterocycles. The number of nitrogens with one attached hydrogen (secondary N) is 1. The lowest BCUT2D eigenvalue weighted by Gasteiger charge is -2.08. The maximum atomic E-state index is 5.26. The van der Waals surface area contributed by atoms with Crippen molar-refractivity contribution in [2.75, 3.05) is 5.32 Å². The molecule has 4 nitrogen and oxygen atoms in total. The van der Waals surface area contributed by atoms with Gasteiger partial charge in [0.05, 0.1) is 11.9 Å². The first kappa shape index (κ1) is 12.5. The second kappa shape index (κ2) is 5.63. The number of fused-ring (bicyclic) bond motifs is 1. The van der Waals surface area contributed by atoms with Crippen LogP contribution in [0.1, 0.15) is 0 Å². The summed E-state index contributed by atoms with van der Waals surface area (Å²) in [6.07, 6.45) is 1.66. The molecule has 0 saturated carbocycles. The van der Waals surface area contributed by atoms with Crippen LogP contribution in [0.2, 0.25) is 0 Å². The minimum Gasteiger partial charge on any atom is -0.331 e. The summed E-state index contributed by atoms with van der Waals surface area (Å²) in [5, 5.41) is 16.9. The van der Waals surface area contributed by atoms with Crippen molar-refractivity contribution in [1.29, 1.82) is 0 Å². The smallest absolute Gasteiger partial charge is 0.197 e. The molecular formula is C15H11N4S. The summed E-state index contributed by atoms with van der Waals surface area (Å²) in [5.41, 5.74) is 2.36. The molecule has 97 valence electrons. The van der Waals surface area contributed by atoms with Gasteiger partial charge in [0, 0.05) is 11.1 Å². The summed E-state index contributed by atoms with van der Waals surface area (Å²) < 4.78 is 0. The van der Waals surface area contributed by atoms with E-state index in [1.54, 1.807) is 6.20 Å². The fourth-order valence-electron chi connectivity index (χ4n) is 1.87. The first-order chi connectivity index (χ1) is 9.83. The van der Waals surface area contributed by atoms with Gasteiger partial charge in [-0.1, -0.05) is 30.3 Å². The number of anilines is 1. The Labute approximate surface area is 121 Å². The predicted octanol–water partition coefficient (Wildman–Crippen LogP) is 3.26. The Morgan fingerprint density at radius 3 is 2.70 bits per heavy atom. The van der Waals surface area contributed by atoms with Gasteiger partial charge < -0.3 is 5.32 Å². The van der Waals surface area contributed by atoms with E-state index in [1.165, 1.54) is 0 Å². The van der Waals surface area contributed by atoms with Crippen LogP contribution >= 0.6 is 12.2 Å². The molecule has 1 N–H and O–H groups in total. The van der Waals surface area contributed by atoms with Gasteiger partial charge in [-0.2, -0.15) is 5.10 Å². The Morgan fingerprint density at radius 2 is 1.85 bits per heavy atom. The van der Waals surface area contributed by atoms with E-state index in [0.717, 1.165) is 16.6 Å². The summed E-state index contributed by atoms with van der Waals surface area (Å²) >= 11 is 5.26. The quantitative estimate of drug-likeness (QED) is 0.731. The van der Waals surface area contributed by atoms with Crippen molar-refractivity contribution in [3.63, 3.8) is 0 Å². The number of rotatable bonds is 2. The fourth-order valence-corrected chi connectivity index (χ4v) is 2.09. The van der Waals surface area contributed by atoms with Crippen molar-refractivity contribution < 1.29 is 0 Å². The zero-order valence-corrected chi connectivity index (χ0v) is 11.3. The lowest BCUT2D eigenvalue weighted by Crippen LogP contribution is -2.18. The third-order valence-corrected chi connectivity index (χ3v) is 2.96. The van der Waals surface area contributed by atoms with Crippen LogP contribution in [0.3, 0.4) is 0 Å². The van der Waals surface area contributed by atoms with Crippen molar-refractivity contribution in [3.05, 3.63) is 60.8 Å². The number of thiocarbonyl (C=S) groups is 1. The lowest BCUT2D eigenvalue weighted by molar-refractivity contribution is 1.07. The largest absolute Gasteiger partial charge is 0.331 e. The molecule has 3 aromatic rings. The highest BCUT2D eigenvalue weighted by Gasteiger charge is 2.06. The van der Waals surface area contributed by atoms with Crippen molar-refractivity contribution >= 4 is 39.6 Å². The molecule has 0 atom stereocenters. The van der Waals surface area contributed by atoms with Crippen LogP contribution in [0.15, 0.2) is 60.8 Å². The van der Waals surface area contributed by atoms with Gasteiger partial charge in [0.25, 0.3) is 0 Å². The average molecular weight is 279 g/mol. The van der Waals surface area contributed by atoms with E-state index < -0.39 is 0 Å². The van der Waals surface area contributed by atoms with Crippen molar-refractivity contribution in [1.82, 2.24) is 15.5 Å². The molecule has 0 aliphatic rings. The summed E-state index contributed by atoms with van der Waals surface area (Å²) in [4.78, 5) is 0. The van der Waals surface area contributed by atoms with Crippen molar-refractivity contribution in [2.24, 2.45) is 0 Å². The van der Waals surface area contributed by atoms with Gasteiger partial charge in [-0.25, -0.2) is 5.32 Å². The molecule has 0 bridgehead atoms. The molecule has 0 aliphatic carbocycles. The number of para-hydroxylation sites is 1. The number of nitrogens with zero attached hydrogens (tertiary/aromatic N) is 3. The highest BCUT2D eigenvalue weighted by molar-refractivity contribution is 7.80. The van der Waals surface area contributed by atoms with E-state index in [0.29, 0.717) is 10.8 Å². The van der Waals surface area contributed by atoms with E-state index in [2.05, 4.69) is 20.8 Å². The Morgan fingerprint density at radius 1 is 1.00 bits per heavy atom. The molecule has 0 aliphatic heterocycles. The van der Waals surface area contributed by atoms with E-state index in [-0.39, 0.29) is 0 Å². The molecule has 0 spiro atoms. The first-order valence-electron chi connectivity index (χ1n) is 6.11. The second-order valence-electron chi connectivity index (χ2n) is 4.15. The molecule has 0 unspecified atom stereocenters. The monoisotopic (exact) mass is 279 g/mol. The Balaban J connectivity index is 1.81. The summed E-state index contributed by atoms with van der Waals surface area (Å²) in [7, 11) is 0. The normalized spacial score (nSPS) is 10.2. The van der Waals surface area contributed by atoms with Crippen LogP contribution in [0, 0.1) is 0 Å². The fraction of sp³-hybridized carbons (Fsp3) is 0. The third kappa shape index (κ3) is 2.73. The zero-order valence-electron chi connectivity index (χ0n) is 10.5. The summed E-state index contributed by atoms with van der Waals surface area (Å²) in [6.45, 7) is 0. The second-order valence-corrected chi connectivity index (χ2v) is 4.54. The predicted molar refractivity (Wildman–Crippen MR) is 84.0 cm³/mol. The van der Waals surface area contributed by atoms with E-state index >= 15 is 0 Å². The molecular weight excluding hydrogens is 268 g/mol. The van der Waals surface area contributed by atoms with Crippen molar-refractivity contribution in [2.45, 2.75) is 0 Å². The highest BCUT2D eigenvalue weighted by Crippen LogP contribution is 2.20. The van der Waals surface area contributed by atoms with Gasteiger partial charge in [0.1, 0.15) is 5.52 Å². The van der Waals surface area contributed by atoms with Crippen LogP contribution in [0.25, 0.3) is 10.9 Å². The topological polar surface area (TPSA) is 51.9 Å². The number of hydrogen-bond acceptors (Lipinski definition) is 3. The maximum Gasteiger partial charge on any atom is 0.197 e. The Bertz CT molecular complexity index is 738. The molecule has 0 saturated heterocycles. The minimum absolute atomic E-state index is 0.398. The van der Waals surface area contributed by atoms with Gasteiger partial charge in [-0.15, -0.1) is 5.10 Å². The molecule has 0 amide bonds. The van der Waals surface area contributed by atoms with Crippen LogP contribution in [-0.2, 0) is 0 Å². The van der Waals surface area contributed by atoms with Gasteiger partial charge in [-0.3, -0.25) is 0 Å². The number of hydrogen-bond donors (Lipinski definition) is 1. The maximum absolute atomic E-state index is 5.26. The molecule has 3 rings (SSSR count). The first-order valence-corrected chi connectivity index (χ1v) is 6.52. The Hall–Kier alpha value is -2.53. The molecule has 1 radical (unpaired) electrons. The minimum atomic E-state index is 0.398. The van der Waals surface area contributed by atoms with E-state index in [9.17, 15) is 0 Å². The zero-order chi connectivity index (χ0) is 13.8. The van der Waals surface area contributed by atoms with Crippen LogP contribution < -0.4 is 10.6 Å². The lowest BCUT2D eigenvalue weighted by atomic mass is 10.2. The molecule has 20 heavy (non-hydrogen) atoms. The van der Waals surface area contributed by atoms with Crippen molar-refractivity contribution in [3.8, 4) is 0 Å². The summed E-state index contributed by atoms with van der Waals surface area (Å²) in [5.74, 6) is 0. The average Bonchev–Trinajstić information content (AvgIpc) is 2.48. The van der Waals surface area contributed by atoms with E-state index in [4.69, 9.17) is 12.2 Å². The standard InChI is InChI=1S/C15H11N4S/c20-15(17-12-6-2-1-3-7-12)18-13-8-4-5-11-9-10-16-19-14(11)13/h1-10H,(H,17,20). The van der Waals surface area contributed by atoms with Crippen LogP contribution in [0.4, 0.5) is 11.4 Å². The van der Waals surface area contributed by atoms with Gasteiger partial charge >= 0.3 is 0 Å². The third-order valence-electron chi connectivity index (χ3n) is 2.77.